The van der Waals surface area contributed by atoms with Gasteiger partial charge in [-0.3, -0.25) is 9.36 Å². The molecule has 8 nitrogen and oxygen atoms in total. The molecule has 0 bridgehead atoms. The monoisotopic (exact) mass is 967 g/mol. The number of unbranched alkanes of at least 4 members (excludes halogenated alkanes) is 39. The zero-order valence-corrected chi connectivity index (χ0v) is 46.3. The summed E-state index contributed by atoms with van der Waals surface area (Å²) in [5.41, 5.74) is 0. The van der Waals surface area contributed by atoms with Gasteiger partial charge in [0.15, 0.2) is 0 Å². The maximum absolute atomic E-state index is 12.9. The van der Waals surface area contributed by atoms with Crippen LogP contribution in [0, 0.1) is 0 Å². The molecule has 0 spiro atoms. The summed E-state index contributed by atoms with van der Waals surface area (Å²) in [6.07, 6.45) is 62.8. The molecule has 0 aliphatic heterocycles. The van der Waals surface area contributed by atoms with E-state index in [9.17, 15) is 19.4 Å². The summed E-state index contributed by atoms with van der Waals surface area (Å²) in [6.45, 7) is 4.65. The summed E-state index contributed by atoms with van der Waals surface area (Å²) in [7, 11) is 1.26. The summed E-state index contributed by atoms with van der Waals surface area (Å²) in [4.78, 5) is 25.4. The van der Waals surface area contributed by atoms with Gasteiger partial charge in [-0.2, -0.15) is 0 Å². The van der Waals surface area contributed by atoms with Gasteiger partial charge < -0.3 is 28.8 Å². The van der Waals surface area contributed by atoms with Crippen molar-refractivity contribution in [3.8, 4) is 0 Å². The lowest BCUT2D eigenvalue weighted by Gasteiger charge is -2.29. The fraction of sp³-hybridized carbons (Fsp3) is 0.914. The molecule has 0 radical (unpaired) electrons. The topological polar surface area (TPSA) is 108 Å². The minimum Gasteiger partial charge on any atom is -0.756 e. The second-order valence-corrected chi connectivity index (χ2v) is 22.8. The number of hydrogen-bond acceptors (Lipinski definition) is 6. The van der Waals surface area contributed by atoms with Crippen molar-refractivity contribution in [2.24, 2.45) is 0 Å². The van der Waals surface area contributed by atoms with E-state index in [1.165, 1.54) is 218 Å². The zero-order chi connectivity index (χ0) is 49.2. The molecule has 0 saturated carbocycles. The Morgan fingerprint density at radius 1 is 0.507 bits per heavy atom. The number of phosphoric acid groups is 1. The van der Waals surface area contributed by atoms with E-state index in [0.717, 1.165) is 51.4 Å². The van der Waals surface area contributed by atoms with Crippen LogP contribution in [-0.4, -0.2) is 68.5 Å². The first kappa shape index (κ1) is 66.0. The van der Waals surface area contributed by atoms with Crippen LogP contribution in [0.2, 0.25) is 0 Å². The highest BCUT2D eigenvalue weighted by atomic mass is 31.2. The number of aliphatic hydroxyl groups is 1. The van der Waals surface area contributed by atoms with Gasteiger partial charge in [0.05, 0.1) is 39.9 Å². The van der Waals surface area contributed by atoms with Crippen molar-refractivity contribution in [3.63, 3.8) is 0 Å². The Kier molecular flexibility index (Phi) is 49.2. The summed E-state index contributed by atoms with van der Waals surface area (Å²) >= 11 is 0. The number of aliphatic hydroxyl groups excluding tert-OH is 1. The summed E-state index contributed by atoms with van der Waals surface area (Å²) < 4.78 is 23.3. The van der Waals surface area contributed by atoms with Crippen LogP contribution < -0.4 is 10.2 Å². The van der Waals surface area contributed by atoms with E-state index in [4.69, 9.17) is 9.05 Å². The predicted molar refractivity (Wildman–Crippen MR) is 289 cm³/mol. The molecular formula is C58H115N2O6P. The van der Waals surface area contributed by atoms with Gasteiger partial charge in [0.25, 0.3) is 7.82 Å². The van der Waals surface area contributed by atoms with Crippen molar-refractivity contribution in [2.75, 3.05) is 40.9 Å². The van der Waals surface area contributed by atoms with Crippen molar-refractivity contribution in [2.45, 2.75) is 302 Å². The molecule has 0 heterocycles. The third-order valence-electron chi connectivity index (χ3n) is 13.4. The molecule has 0 aliphatic rings. The summed E-state index contributed by atoms with van der Waals surface area (Å²) in [5.74, 6) is -0.204. The van der Waals surface area contributed by atoms with E-state index in [-0.39, 0.29) is 19.1 Å². The standard InChI is InChI=1S/C58H115N2O6P/c1-6-8-10-12-14-16-18-20-21-22-23-24-25-26-27-28-29-30-31-32-33-34-35-36-37-38-40-41-43-45-47-49-51-57(61)56(55-66-67(63,64)65-54-53-60(3,4)5)59-58(62)52-50-48-46-44-42-39-19-17-15-13-11-9-7-2/h17,19,49,51,56-57,61H,6-16,18,20-48,50,52-55H2,1-5H3,(H-,59,62,63,64)/b19-17-,51-49+. The Labute approximate surface area is 417 Å². The predicted octanol–water partition coefficient (Wildman–Crippen LogP) is 17.0. The highest BCUT2D eigenvalue weighted by Gasteiger charge is 2.23. The van der Waals surface area contributed by atoms with Crippen molar-refractivity contribution in [1.29, 1.82) is 0 Å². The molecule has 2 N–H and O–H groups in total. The van der Waals surface area contributed by atoms with E-state index in [1.807, 2.05) is 27.2 Å². The Balaban J connectivity index is 4.03. The Morgan fingerprint density at radius 3 is 1.18 bits per heavy atom. The van der Waals surface area contributed by atoms with Gasteiger partial charge in [0.1, 0.15) is 13.2 Å². The number of allylic oxidation sites excluding steroid dienone is 3. The van der Waals surface area contributed by atoms with Crippen molar-refractivity contribution < 1.29 is 32.9 Å². The number of rotatable bonds is 54. The van der Waals surface area contributed by atoms with Gasteiger partial charge >= 0.3 is 0 Å². The second-order valence-electron chi connectivity index (χ2n) is 21.4. The smallest absolute Gasteiger partial charge is 0.268 e. The SMILES string of the molecule is CCCCCC/C=C\CCCCCCCC(=O)NC(COP(=O)([O-])OCC[N+](C)(C)C)C(O)/C=C/CCCCCCCCCCCCCCCCCCCCCCCCCCCCCCCC. The van der Waals surface area contributed by atoms with Crippen molar-refractivity contribution in [3.05, 3.63) is 24.3 Å². The van der Waals surface area contributed by atoms with Crippen LogP contribution in [-0.2, 0) is 18.4 Å². The van der Waals surface area contributed by atoms with Crippen LogP contribution in [0.15, 0.2) is 24.3 Å². The van der Waals surface area contributed by atoms with Crippen molar-refractivity contribution in [1.82, 2.24) is 5.32 Å². The maximum atomic E-state index is 12.9. The zero-order valence-electron chi connectivity index (χ0n) is 45.4. The Morgan fingerprint density at radius 2 is 0.821 bits per heavy atom. The molecule has 3 atom stereocenters. The fourth-order valence-electron chi connectivity index (χ4n) is 8.80. The summed E-state index contributed by atoms with van der Waals surface area (Å²) in [5, 5.41) is 13.9. The van der Waals surface area contributed by atoms with Gasteiger partial charge in [-0.05, 0) is 44.9 Å². The van der Waals surface area contributed by atoms with Gasteiger partial charge in [0, 0.05) is 6.42 Å². The third kappa shape index (κ3) is 52.6. The van der Waals surface area contributed by atoms with Crippen molar-refractivity contribution >= 4 is 13.7 Å². The second kappa shape index (κ2) is 49.9. The van der Waals surface area contributed by atoms with Gasteiger partial charge in [-0.15, -0.1) is 0 Å². The normalized spacial score (nSPS) is 14.1. The molecular weight excluding hydrogens is 852 g/mol. The number of amides is 1. The van der Waals surface area contributed by atoms with Crippen LogP contribution >= 0.6 is 7.82 Å². The average Bonchev–Trinajstić information content (AvgIpc) is 3.29. The Bertz CT molecular complexity index is 1140. The van der Waals surface area contributed by atoms with E-state index in [1.54, 1.807) is 6.08 Å². The molecule has 0 fully saturated rings. The molecule has 3 unspecified atom stereocenters. The number of nitrogens with one attached hydrogen (secondary N) is 1. The lowest BCUT2D eigenvalue weighted by molar-refractivity contribution is -0.870. The first-order chi connectivity index (χ1) is 32.5. The quantitative estimate of drug-likeness (QED) is 0.0272. The van der Waals surface area contributed by atoms with E-state index in [2.05, 4.69) is 31.3 Å². The lowest BCUT2D eigenvalue weighted by Crippen LogP contribution is -2.45. The molecule has 0 saturated heterocycles. The molecule has 0 rings (SSSR count). The number of carbonyl (C=O) groups is 1. The Hall–Kier alpha value is -1.02. The van der Waals surface area contributed by atoms with Gasteiger partial charge in [-0.1, -0.05) is 263 Å². The van der Waals surface area contributed by atoms with Crippen LogP contribution in [0.4, 0.5) is 0 Å². The fourth-order valence-corrected chi connectivity index (χ4v) is 9.52. The number of nitrogens with zero attached hydrogens (tertiary/aromatic N) is 1. The minimum absolute atomic E-state index is 0.00120. The molecule has 1 amide bonds. The van der Waals surface area contributed by atoms with Crippen LogP contribution in [0.1, 0.15) is 290 Å². The lowest BCUT2D eigenvalue weighted by atomic mass is 10.0. The van der Waals surface area contributed by atoms with Gasteiger partial charge in [0.2, 0.25) is 5.91 Å². The molecule has 0 aliphatic carbocycles. The number of quaternary nitrogens is 1. The molecule has 0 aromatic carbocycles. The first-order valence-electron chi connectivity index (χ1n) is 29.2. The van der Waals surface area contributed by atoms with Gasteiger partial charge in [-0.25, -0.2) is 0 Å². The number of likely N-dealkylation sites (N-methyl/N-ethyl adjacent to an activating group) is 1. The van der Waals surface area contributed by atoms with E-state index in [0.29, 0.717) is 17.4 Å². The highest BCUT2D eigenvalue weighted by Crippen LogP contribution is 2.38. The van der Waals surface area contributed by atoms with E-state index >= 15 is 0 Å². The third-order valence-corrected chi connectivity index (χ3v) is 14.4. The molecule has 0 aromatic heterocycles. The largest absolute Gasteiger partial charge is 0.756 e. The first-order valence-corrected chi connectivity index (χ1v) is 30.7. The highest BCUT2D eigenvalue weighted by molar-refractivity contribution is 7.45. The van der Waals surface area contributed by atoms with Crippen LogP contribution in [0.5, 0.6) is 0 Å². The number of carbonyl (C=O) groups excluding carboxylic acids is 1. The average molecular weight is 968 g/mol. The summed E-state index contributed by atoms with van der Waals surface area (Å²) in [6, 6.07) is -0.889. The molecule has 9 heteroatoms. The van der Waals surface area contributed by atoms with Crippen LogP contribution in [0.25, 0.3) is 0 Å². The number of hydrogen-bond donors (Lipinski definition) is 2. The minimum atomic E-state index is -4.59. The maximum Gasteiger partial charge on any atom is 0.268 e. The molecule has 0 aromatic rings. The van der Waals surface area contributed by atoms with Crippen LogP contribution in [0.3, 0.4) is 0 Å². The van der Waals surface area contributed by atoms with E-state index < -0.39 is 20.0 Å². The molecule has 398 valence electrons. The number of phosphoric ester groups is 1. The molecule has 67 heavy (non-hydrogen) atoms.